The standard InChI is InChI=1S/C16H17N7O/c1-11-21-16(22-24-11)13-8-18-10-20-15(13)12-2-6-23(7-3-12)14-9-17-4-5-19-14/h4-5,8-10,12H,2-3,6-7H2,1H3. The first-order valence-electron chi connectivity index (χ1n) is 7.93. The van der Waals surface area contributed by atoms with E-state index in [-0.39, 0.29) is 0 Å². The predicted octanol–water partition coefficient (Wildman–Crippen LogP) is 2.01. The first kappa shape index (κ1) is 14.7. The van der Waals surface area contributed by atoms with Crippen LogP contribution in [0.3, 0.4) is 0 Å². The van der Waals surface area contributed by atoms with Crippen LogP contribution in [0.2, 0.25) is 0 Å². The van der Waals surface area contributed by atoms with Gasteiger partial charge in [0.05, 0.1) is 17.5 Å². The second kappa shape index (κ2) is 6.31. The molecule has 0 amide bonds. The first-order chi connectivity index (χ1) is 11.8. The number of anilines is 1. The van der Waals surface area contributed by atoms with Gasteiger partial charge in [0.2, 0.25) is 11.7 Å². The third-order valence-corrected chi connectivity index (χ3v) is 4.27. The fourth-order valence-electron chi connectivity index (χ4n) is 3.08. The van der Waals surface area contributed by atoms with Crippen LogP contribution in [-0.4, -0.2) is 43.2 Å². The van der Waals surface area contributed by atoms with Gasteiger partial charge in [-0.25, -0.2) is 15.0 Å². The molecule has 8 heteroatoms. The van der Waals surface area contributed by atoms with E-state index in [1.807, 2.05) is 0 Å². The lowest BCUT2D eigenvalue weighted by atomic mass is 9.90. The van der Waals surface area contributed by atoms with Crippen LogP contribution in [-0.2, 0) is 0 Å². The van der Waals surface area contributed by atoms with Crippen molar-refractivity contribution < 1.29 is 4.52 Å². The molecule has 0 bridgehead atoms. The predicted molar refractivity (Wildman–Crippen MR) is 86.3 cm³/mol. The lowest BCUT2D eigenvalue weighted by Crippen LogP contribution is -2.33. The molecule has 4 rings (SSSR count). The molecule has 0 saturated carbocycles. The molecule has 3 aromatic heterocycles. The summed E-state index contributed by atoms with van der Waals surface area (Å²) in [6, 6.07) is 0. The highest BCUT2D eigenvalue weighted by molar-refractivity contribution is 5.57. The summed E-state index contributed by atoms with van der Waals surface area (Å²) in [5, 5.41) is 4.01. The average molecular weight is 323 g/mol. The maximum atomic E-state index is 5.10. The lowest BCUT2D eigenvalue weighted by molar-refractivity contribution is 0.394. The highest BCUT2D eigenvalue weighted by Gasteiger charge is 2.26. The normalized spacial score (nSPS) is 15.6. The van der Waals surface area contributed by atoms with Crippen molar-refractivity contribution in [3.8, 4) is 11.4 Å². The Morgan fingerprint density at radius 3 is 2.67 bits per heavy atom. The van der Waals surface area contributed by atoms with Crippen molar-refractivity contribution in [1.29, 1.82) is 0 Å². The summed E-state index contributed by atoms with van der Waals surface area (Å²) < 4.78 is 5.10. The minimum absolute atomic E-state index is 0.342. The van der Waals surface area contributed by atoms with Crippen LogP contribution in [0.4, 0.5) is 5.82 Å². The number of nitrogens with zero attached hydrogens (tertiary/aromatic N) is 7. The number of piperidine rings is 1. The molecule has 0 spiro atoms. The van der Waals surface area contributed by atoms with Crippen molar-refractivity contribution in [1.82, 2.24) is 30.1 Å². The summed E-state index contributed by atoms with van der Waals surface area (Å²) in [5.41, 5.74) is 1.84. The zero-order chi connectivity index (χ0) is 16.4. The highest BCUT2D eigenvalue weighted by atomic mass is 16.5. The molecule has 0 radical (unpaired) electrons. The van der Waals surface area contributed by atoms with Crippen molar-refractivity contribution in [3.63, 3.8) is 0 Å². The first-order valence-corrected chi connectivity index (χ1v) is 7.93. The molecular formula is C16H17N7O. The van der Waals surface area contributed by atoms with Gasteiger partial charge < -0.3 is 9.42 Å². The van der Waals surface area contributed by atoms with E-state index in [1.54, 1.807) is 38.0 Å². The molecule has 1 fully saturated rings. The molecule has 0 aromatic carbocycles. The van der Waals surface area contributed by atoms with Crippen molar-refractivity contribution in [2.45, 2.75) is 25.7 Å². The second-order valence-corrected chi connectivity index (χ2v) is 5.78. The van der Waals surface area contributed by atoms with Gasteiger partial charge in [-0.05, 0) is 12.8 Å². The fourth-order valence-corrected chi connectivity index (χ4v) is 3.08. The molecule has 1 saturated heterocycles. The van der Waals surface area contributed by atoms with Crippen molar-refractivity contribution in [3.05, 3.63) is 42.7 Å². The average Bonchev–Trinajstić information content (AvgIpc) is 3.09. The van der Waals surface area contributed by atoms with Gasteiger partial charge in [-0.1, -0.05) is 5.16 Å². The Bertz CT molecular complexity index is 812. The van der Waals surface area contributed by atoms with Gasteiger partial charge in [0, 0.05) is 44.5 Å². The molecular weight excluding hydrogens is 306 g/mol. The number of hydrogen-bond acceptors (Lipinski definition) is 8. The molecule has 0 atom stereocenters. The van der Waals surface area contributed by atoms with Crippen molar-refractivity contribution in [2.24, 2.45) is 0 Å². The third-order valence-electron chi connectivity index (χ3n) is 4.27. The van der Waals surface area contributed by atoms with Crippen LogP contribution < -0.4 is 4.90 Å². The maximum Gasteiger partial charge on any atom is 0.223 e. The molecule has 24 heavy (non-hydrogen) atoms. The minimum atomic E-state index is 0.342. The van der Waals surface area contributed by atoms with Gasteiger partial charge in [-0.3, -0.25) is 4.98 Å². The Hall–Kier alpha value is -2.90. The largest absolute Gasteiger partial charge is 0.355 e. The number of aromatic nitrogens is 6. The second-order valence-electron chi connectivity index (χ2n) is 5.78. The molecule has 1 aliphatic heterocycles. The summed E-state index contributed by atoms with van der Waals surface area (Å²) in [5.74, 6) is 2.36. The smallest absolute Gasteiger partial charge is 0.223 e. The van der Waals surface area contributed by atoms with Gasteiger partial charge in [0.15, 0.2) is 0 Å². The van der Waals surface area contributed by atoms with Crippen molar-refractivity contribution in [2.75, 3.05) is 18.0 Å². The van der Waals surface area contributed by atoms with Crippen LogP contribution in [0, 0.1) is 6.92 Å². The number of rotatable bonds is 3. The van der Waals surface area contributed by atoms with Gasteiger partial charge in [0.25, 0.3) is 0 Å². The van der Waals surface area contributed by atoms with Crippen LogP contribution in [0.25, 0.3) is 11.4 Å². The molecule has 0 unspecified atom stereocenters. The van der Waals surface area contributed by atoms with Gasteiger partial charge in [-0.2, -0.15) is 4.98 Å². The summed E-state index contributed by atoms with van der Waals surface area (Å²) in [4.78, 5) is 23.7. The molecule has 3 aromatic rings. The summed E-state index contributed by atoms with van der Waals surface area (Å²) in [6.07, 6.45) is 10.5. The number of hydrogen-bond donors (Lipinski definition) is 0. The van der Waals surface area contributed by atoms with Gasteiger partial charge in [-0.15, -0.1) is 0 Å². The molecule has 8 nitrogen and oxygen atoms in total. The Kier molecular flexibility index (Phi) is 3.86. The highest BCUT2D eigenvalue weighted by Crippen LogP contribution is 2.33. The van der Waals surface area contributed by atoms with E-state index in [0.29, 0.717) is 17.6 Å². The van der Waals surface area contributed by atoms with Gasteiger partial charge in [0.1, 0.15) is 12.1 Å². The van der Waals surface area contributed by atoms with E-state index in [4.69, 9.17) is 4.52 Å². The number of aryl methyl sites for hydroxylation is 1. The Morgan fingerprint density at radius 1 is 1.08 bits per heavy atom. The summed E-state index contributed by atoms with van der Waals surface area (Å²) in [6.45, 7) is 3.61. The summed E-state index contributed by atoms with van der Waals surface area (Å²) in [7, 11) is 0. The van der Waals surface area contributed by atoms with E-state index >= 15 is 0 Å². The quantitative estimate of drug-likeness (QED) is 0.722. The SMILES string of the molecule is Cc1nc(-c2cncnc2C2CCN(c3cnccn3)CC2)no1. The van der Waals surface area contributed by atoms with E-state index in [2.05, 4.69) is 35.0 Å². The van der Waals surface area contributed by atoms with Crippen LogP contribution >= 0.6 is 0 Å². The Balaban J connectivity index is 1.54. The molecule has 4 heterocycles. The van der Waals surface area contributed by atoms with Crippen LogP contribution in [0.15, 0.2) is 35.6 Å². The Labute approximate surface area is 139 Å². The molecule has 122 valence electrons. The van der Waals surface area contributed by atoms with E-state index in [9.17, 15) is 0 Å². The maximum absolute atomic E-state index is 5.10. The minimum Gasteiger partial charge on any atom is -0.355 e. The van der Waals surface area contributed by atoms with Crippen molar-refractivity contribution >= 4 is 5.82 Å². The summed E-state index contributed by atoms with van der Waals surface area (Å²) >= 11 is 0. The van der Waals surface area contributed by atoms with E-state index < -0.39 is 0 Å². The van der Waals surface area contributed by atoms with E-state index in [1.165, 1.54) is 0 Å². The van der Waals surface area contributed by atoms with Gasteiger partial charge >= 0.3 is 0 Å². The zero-order valence-electron chi connectivity index (χ0n) is 13.3. The monoisotopic (exact) mass is 323 g/mol. The third kappa shape index (κ3) is 2.82. The van der Waals surface area contributed by atoms with E-state index in [0.717, 1.165) is 43.0 Å². The topological polar surface area (TPSA) is 93.7 Å². The Morgan fingerprint density at radius 2 is 1.96 bits per heavy atom. The zero-order valence-corrected chi connectivity index (χ0v) is 13.3. The molecule has 0 aliphatic carbocycles. The molecule has 0 N–H and O–H groups in total. The van der Waals surface area contributed by atoms with Crippen LogP contribution in [0.5, 0.6) is 0 Å². The lowest BCUT2D eigenvalue weighted by Gasteiger charge is -2.32. The molecule has 1 aliphatic rings. The van der Waals surface area contributed by atoms with Crippen LogP contribution in [0.1, 0.15) is 30.3 Å². The fraction of sp³-hybridized carbons (Fsp3) is 0.375.